The van der Waals surface area contributed by atoms with Gasteiger partial charge in [0.15, 0.2) is 0 Å². The molecule has 0 radical (unpaired) electrons. The highest BCUT2D eigenvalue weighted by molar-refractivity contribution is 5.48. The predicted molar refractivity (Wildman–Crippen MR) is 102 cm³/mol. The first-order valence-electron chi connectivity index (χ1n) is 8.92. The standard InChI is InChI=1S/C21H28N2O2/c1-16-12-19(21(24)13-17(16)2)15-22(3)14-18-4-6-20(7-5-18)23-8-10-25-11-9-23/h4-7,12-13,24H,8-11,14-15H2,1-3H3. The van der Waals surface area contributed by atoms with Crippen LogP contribution in [0, 0.1) is 13.8 Å². The molecule has 1 aliphatic heterocycles. The van der Waals surface area contributed by atoms with Crippen LogP contribution in [-0.2, 0) is 17.8 Å². The van der Waals surface area contributed by atoms with Crippen molar-refractivity contribution in [3.63, 3.8) is 0 Å². The lowest BCUT2D eigenvalue weighted by Gasteiger charge is -2.29. The Hall–Kier alpha value is -2.04. The van der Waals surface area contributed by atoms with Gasteiger partial charge in [0.25, 0.3) is 0 Å². The van der Waals surface area contributed by atoms with Crippen LogP contribution in [0.15, 0.2) is 36.4 Å². The van der Waals surface area contributed by atoms with E-state index in [9.17, 15) is 5.11 Å². The molecule has 1 aliphatic rings. The number of aryl methyl sites for hydroxylation is 2. The molecule has 134 valence electrons. The van der Waals surface area contributed by atoms with Gasteiger partial charge in [0.2, 0.25) is 0 Å². The Morgan fingerprint density at radius 1 is 1.00 bits per heavy atom. The van der Waals surface area contributed by atoms with E-state index >= 15 is 0 Å². The van der Waals surface area contributed by atoms with Crippen LogP contribution in [0.3, 0.4) is 0 Å². The SMILES string of the molecule is Cc1cc(O)c(CN(C)Cc2ccc(N3CCOCC3)cc2)cc1C. The Morgan fingerprint density at radius 3 is 2.32 bits per heavy atom. The highest BCUT2D eigenvalue weighted by atomic mass is 16.5. The minimum atomic E-state index is 0.387. The number of hydrogen-bond acceptors (Lipinski definition) is 4. The molecule has 0 saturated carbocycles. The number of benzene rings is 2. The smallest absolute Gasteiger partial charge is 0.120 e. The minimum Gasteiger partial charge on any atom is -0.508 e. The molecule has 1 fully saturated rings. The molecule has 2 aromatic carbocycles. The molecule has 4 nitrogen and oxygen atoms in total. The Balaban J connectivity index is 1.61. The van der Waals surface area contributed by atoms with Crippen LogP contribution in [0.5, 0.6) is 5.75 Å². The third-order valence-electron chi connectivity index (χ3n) is 4.90. The van der Waals surface area contributed by atoms with E-state index in [-0.39, 0.29) is 0 Å². The first-order valence-corrected chi connectivity index (χ1v) is 8.92. The lowest BCUT2D eigenvalue weighted by molar-refractivity contribution is 0.122. The first-order chi connectivity index (χ1) is 12.0. The molecule has 0 atom stereocenters. The van der Waals surface area contributed by atoms with Crippen LogP contribution in [0.25, 0.3) is 0 Å². The molecule has 0 spiro atoms. The van der Waals surface area contributed by atoms with Crippen LogP contribution < -0.4 is 4.90 Å². The zero-order valence-corrected chi connectivity index (χ0v) is 15.5. The van der Waals surface area contributed by atoms with Crippen LogP contribution in [0.4, 0.5) is 5.69 Å². The summed E-state index contributed by atoms with van der Waals surface area (Å²) < 4.78 is 5.41. The number of phenols is 1. The zero-order valence-electron chi connectivity index (χ0n) is 15.5. The van der Waals surface area contributed by atoms with Gasteiger partial charge in [0.1, 0.15) is 5.75 Å². The number of anilines is 1. The van der Waals surface area contributed by atoms with Gasteiger partial charge in [-0.3, -0.25) is 4.90 Å². The molecule has 0 amide bonds. The summed E-state index contributed by atoms with van der Waals surface area (Å²) in [7, 11) is 2.09. The summed E-state index contributed by atoms with van der Waals surface area (Å²) >= 11 is 0. The molecular weight excluding hydrogens is 312 g/mol. The van der Waals surface area contributed by atoms with Crippen molar-refractivity contribution in [2.75, 3.05) is 38.3 Å². The second-order valence-corrected chi connectivity index (χ2v) is 7.00. The summed E-state index contributed by atoms with van der Waals surface area (Å²) in [5, 5.41) is 10.2. The van der Waals surface area contributed by atoms with Gasteiger partial charge in [-0.15, -0.1) is 0 Å². The van der Waals surface area contributed by atoms with Gasteiger partial charge in [-0.1, -0.05) is 18.2 Å². The van der Waals surface area contributed by atoms with Crippen molar-refractivity contribution in [1.82, 2.24) is 4.90 Å². The third-order valence-corrected chi connectivity index (χ3v) is 4.90. The molecule has 4 heteroatoms. The summed E-state index contributed by atoms with van der Waals surface area (Å²) in [5.41, 5.74) is 5.87. The van der Waals surface area contributed by atoms with Gasteiger partial charge in [-0.2, -0.15) is 0 Å². The molecule has 0 unspecified atom stereocenters. The van der Waals surface area contributed by atoms with Crippen molar-refractivity contribution < 1.29 is 9.84 Å². The monoisotopic (exact) mass is 340 g/mol. The molecular formula is C21H28N2O2. The number of hydrogen-bond donors (Lipinski definition) is 1. The van der Waals surface area contributed by atoms with Gasteiger partial charge >= 0.3 is 0 Å². The van der Waals surface area contributed by atoms with Crippen molar-refractivity contribution in [1.29, 1.82) is 0 Å². The van der Waals surface area contributed by atoms with Crippen LogP contribution >= 0.6 is 0 Å². The van der Waals surface area contributed by atoms with E-state index in [2.05, 4.69) is 54.1 Å². The Labute approximate surface area is 150 Å². The molecule has 25 heavy (non-hydrogen) atoms. The molecule has 1 heterocycles. The summed E-state index contributed by atoms with van der Waals surface area (Å²) in [5.74, 6) is 0.387. The lowest BCUT2D eigenvalue weighted by Crippen LogP contribution is -2.36. The molecule has 1 saturated heterocycles. The highest BCUT2D eigenvalue weighted by Gasteiger charge is 2.12. The number of ether oxygens (including phenoxy) is 1. The van der Waals surface area contributed by atoms with Crippen LogP contribution in [0.1, 0.15) is 22.3 Å². The largest absolute Gasteiger partial charge is 0.508 e. The second kappa shape index (κ2) is 7.89. The van der Waals surface area contributed by atoms with Crippen LogP contribution in [0.2, 0.25) is 0 Å². The fourth-order valence-corrected chi connectivity index (χ4v) is 3.28. The molecule has 0 aliphatic carbocycles. The van der Waals surface area contributed by atoms with E-state index in [1.807, 2.05) is 13.0 Å². The van der Waals surface area contributed by atoms with Gasteiger partial charge in [-0.05, 0) is 55.8 Å². The van der Waals surface area contributed by atoms with Crippen molar-refractivity contribution in [2.24, 2.45) is 0 Å². The van der Waals surface area contributed by atoms with E-state index in [0.29, 0.717) is 5.75 Å². The fraction of sp³-hybridized carbons (Fsp3) is 0.429. The van der Waals surface area contributed by atoms with Crippen molar-refractivity contribution in [2.45, 2.75) is 26.9 Å². The first kappa shape index (κ1) is 17.8. The zero-order chi connectivity index (χ0) is 17.8. The van der Waals surface area contributed by atoms with Gasteiger partial charge < -0.3 is 14.7 Å². The maximum absolute atomic E-state index is 10.2. The van der Waals surface area contributed by atoms with Crippen LogP contribution in [-0.4, -0.2) is 43.4 Å². The van der Waals surface area contributed by atoms with E-state index in [0.717, 1.165) is 50.5 Å². The van der Waals surface area contributed by atoms with E-state index in [1.165, 1.54) is 16.8 Å². The van der Waals surface area contributed by atoms with Crippen molar-refractivity contribution in [3.05, 3.63) is 58.7 Å². The van der Waals surface area contributed by atoms with Gasteiger partial charge in [0.05, 0.1) is 13.2 Å². The molecule has 0 aromatic heterocycles. The molecule has 1 N–H and O–H groups in total. The second-order valence-electron chi connectivity index (χ2n) is 7.00. The number of phenolic OH excluding ortho intramolecular Hbond substituents is 1. The summed E-state index contributed by atoms with van der Waals surface area (Å²) in [6, 6.07) is 12.7. The maximum Gasteiger partial charge on any atom is 0.120 e. The lowest BCUT2D eigenvalue weighted by atomic mass is 10.0. The molecule has 0 bridgehead atoms. The number of morpholine rings is 1. The average molecular weight is 340 g/mol. The van der Waals surface area contributed by atoms with E-state index in [1.54, 1.807) is 0 Å². The fourth-order valence-electron chi connectivity index (χ4n) is 3.28. The number of aromatic hydroxyl groups is 1. The Kier molecular flexibility index (Phi) is 5.61. The summed E-state index contributed by atoms with van der Waals surface area (Å²) in [4.78, 5) is 4.59. The number of rotatable bonds is 5. The van der Waals surface area contributed by atoms with Crippen molar-refractivity contribution >= 4 is 5.69 Å². The topological polar surface area (TPSA) is 35.9 Å². The highest BCUT2D eigenvalue weighted by Crippen LogP contribution is 2.24. The van der Waals surface area contributed by atoms with E-state index in [4.69, 9.17) is 4.74 Å². The quantitative estimate of drug-likeness (QED) is 0.904. The predicted octanol–water partition coefficient (Wildman–Crippen LogP) is 3.48. The molecule has 3 rings (SSSR count). The normalized spacial score (nSPS) is 15.0. The van der Waals surface area contributed by atoms with Crippen molar-refractivity contribution in [3.8, 4) is 5.75 Å². The molecule has 2 aromatic rings. The number of nitrogens with zero attached hydrogens (tertiary/aromatic N) is 2. The minimum absolute atomic E-state index is 0.387. The Morgan fingerprint density at radius 2 is 1.64 bits per heavy atom. The summed E-state index contributed by atoms with van der Waals surface area (Å²) in [6.45, 7) is 9.25. The Bertz CT molecular complexity index is 707. The summed E-state index contributed by atoms with van der Waals surface area (Å²) in [6.07, 6.45) is 0. The van der Waals surface area contributed by atoms with Gasteiger partial charge in [0, 0.05) is 37.4 Å². The maximum atomic E-state index is 10.2. The van der Waals surface area contributed by atoms with Gasteiger partial charge in [-0.25, -0.2) is 0 Å². The van der Waals surface area contributed by atoms with E-state index < -0.39 is 0 Å². The average Bonchev–Trinajstić information content (AvgIpc) is 2.61. The third kappa shape index (κ3) is 4.53.